The van der Waals surface area contributed by atoms with Gasteiger partial charge in [-0.3, -0.25) is 14.5 Å². The second kappa shape index (κ2) is 7.90. The van der Waals surface area contributed by atoms with E-state index >= 15 is 0 Å². The van der Waals surface area contributed by atoms with Crippen molar-refractivity contribution in [3.05, 3.63) is 87.8 Å². The van der Waals surface area contributed by atoms with Crippen LogP contribution in [0.1, 0.15) is 33.4 Å². The zero-order chi connectivity index (χ0) is 23.3. The third-order valence-electron chi connectivity index (χ3n) is 5.61. The molecule has 5 rings (SSSR count). The van der Waals surface area contributed by atoms with Gasteiger partial charge in [-0.1, -0.05) is 42.0 Å². The fourth-order valence-corrected chi connectivity index (χ4v) is 4.82. The number of aliphatic hydroxyl groups excluding tert-OH is 1. The number of anilines is 1. The molecule has 0 bridgehead atoms. The number of ketones is 1. The second-order valence-electron chi connectivity index (χ2n) is 7.84. The molecular weight excluding hydrogens is 440 g/mol. The second-order valence-corrected chi connectivity index (χ2v) is 8.68. The molecule has 2 aromatic carbocycles. The third-order valence-corrected chi connectivity index (χ3v) is 6.57. The van der Waals surface area contributed by atoms with Gasteiger partial charge in [-0.25, -0.2) is 4.98 Å². The maximum Gasteiger partial charge on any atom is 0.296 e. The molecule has 7 nitrogen and oxygen atoms in total. The van der Waals surface area contributed by atoms with Crippen LogP contribution in [0.3, 0.4) is 0 Å². The molecule has 4 aromatic rings. The molecule has 0 radical (unpaired) electrons. The van der Waals surface area contributed by atoms with E-state index in [1.165, 1.54) is 23.3 Å². The molecule has 0 fully saturated rings. The molecule has 1 atom stereocenters. The first kappa shape index (κ1) is 21.0. The van der Waals surface area contributed by atoms with E-state index in [1.54, 1.807) is 24.3 Å². The van der Waals surface area contributed by atoms with Crippen LogP contribution in [0.2, 0.25) is 0 Å². The van der Waals surface area contributed by atoms with E-state index in [0.29, 0.717) is 27.4 Å². The Hall–Kier alpha value is -3.91. The van der Waals surface area contributed by atoms with Gasteiger partial charge in [0.2, 0.25) is 5.78 Å². The van der Waals surface area contributed by atoms with Gasteiger partial charge in [-0.05, 0) is 31.5 Å². The molecule has 1 aliphatic rings. The summed E-state index contributed by atoms with van der Waals surface area (Å²) in [5.41, 5.74) is 2.84. The summed E-state index contributed by atoms with van der Waals surface area (Å²) >= 11 is 1.28. The number of aryl methyl sites for hydroxylation is 2. The van der Waals surface area contributed by atoms with Crippen molar-refractivity contribution in [2.45, 2.75) is 19.9 Å². The third kappa shape index (κ3) is 3.39. The molecule has 0 spiro atoms. The largest absolute Gasteiger partial charge is 0.503 e. The number of fused-ring (bicyclic) bond motifs is 1. The number of furan rings is 1. The van der Waals surface area contributed by atoms with Gasteiger partial charge in [0.25, 0.3) is 5.91 Å². The number of hydrogen-bond donors (Lipinski definition) is 1. The minimum absolute atomic E-state index is 0.0122. The number of hydrogen-bond acceptors (Lipinski definition) is 7. The molecule has 1 aliphatic heterocycles. The Morgan fingerprint density at radius 2 is 1.94 bits per heavy atom. The van der Waals surface area contributed by atoms with Crippen molar-refractivity contribution in [3.63, 3.8) is 0 Å². The minimum atomic E-state index is -0.841. The number of benzene rings is 2. The van der Waals surface area contributed by atoms with E-state index < -0.39 is 23.5 Å². The highest BCUT2D eigenvalue weighted by Gasteiger charge is 2.46. The molecule has 3 heterocycles. The number of aromatic nitrogens is 1. The van der Waals surface area contributed by atoms with Gasteiger partial charge in [-0.2, -0.15) is 0 Å². The molecule has 0 saturated carbocycles. The standard InChI is InChI=1S/C25H20N2O5S/c1-13-7-9-15(10-8-13)20-19(22(29)24(30)27(20)25-26-14(2)12-33-25)21(28)18-11-16-5-4-6-17(31-3)23(16)32-18/h4-12,20,29H,1-3H3. The van der Waals surface area contributed by atoms with Crippen LogP contribution in [0.4, 0.5) is 5.13 Å². The zero-order valence-electron chi connectivity index (χ0n) is 18.2. The summed E-state index contributed by atoms with van der Waals surface area (Å²) in [4.78, 5) is 32.6. The first-order valence-electron chi connectivity index (χ1n) is 10.3. The van der Waals surface area contributed by atoms with Crippen molar-refractivity contribution in [3.8, 4) is 5.75 Å². The smallest absolute Gasteiger partial charge is 0.296 e. The number of nitrogens with zero attached hydrogens (tertiary/aromatic N) is 2. The summed E-state index contributed by atoms with van der Waals surface area (Å²) < 4.78 is 11.2. The van der Waals surface area contributed by atoms with Crippen LogP contribution >= 0.6 is 11.3 Å². The van der Waals surface area contributed by atoms with E-state index in [-0.39, 0.29) is 11.3 Å². The first-order valence-corrected chi connectivity index (χ1v) is 11.1. The molecule has 1 N–H and O–H groups in total. The SMILES string of the molecule is COc1cccc2cc(C(=O)C3=C(O)C(=O)N(c4nc(C)cs4)C3c3ccc(C)cc3)oc12. The molecule has 1 unspecified atom stereocenters. The summed E-state index contributed by atoms with van der Waals surface area (Å²) in [7, 11) is 1.52. The average molecular weight is 461 g/mol. The maximum atomic E-state index is 13.7. The van der Waals surface area contributed by atoms with E-state index in [4.69, 9.17) is 9.15 Å². The Kier molecular flexibility index (Phi) is 5.02. The normalized spacial score (nSPS) is 16.2. The van der Waals surface area contributed by atoms with Crippen LogP contribution in [0.25, 0.3) is 11.0 Å². The van der Waals surface area contributed by atoms with Crippen LogP contribution < -0.4 is 9.64 Å². The minimum Gasteiger partial charge on any atom is -0.503 e. The van der Waals surface area contributed by atoms with Gasteiger partial charge < -0.3 is 14.3 Å². The number of Topliss-reactive ketones (excluding diaryl/α,β-unsaturated/α-hetero) is 1. The van der Waals surface area contributed by atoms with Gasteiger partial charge in [-0.15, -0.1) is 11.3 Å². The van der Waals surface area contributed by atoms with Crippen LogP contribution in [0, 0.1) is 13.8 Å². The molecule has 2 aromatic heterocycles. The number of amides is 1. The summed E-state index contributed by atoms with van der Waals surface area (Å²) in [5, 5.41) is 13.8. The fraction of sp³-hybridized carbons (Fsp3) is 0.160. The Morgan fingerprint density at radius 1 is 1.18 bits per heavy atom. The number of para-hydroxylation sites is 1. The van der Waals surface area contributed by atoms with Gasteiger partial charge in [0.15, 0.2) is 28.0 Å². The lowest BCUT2D eigenvalue weighted by Gasteiger charge is -2.24. The number of aliphatic hydroxyl groups is 1. The number of carbonyl (C=O) groups excluding carboxylic acids is 2. The number of carbonyl (C=O) groups is 2. The van der Waals surface area contributed by atoms with Crippen molar-refractivity contribution in [2.75, 3.05) is 12.0 Å². The number of methoxy groups -OCH3 is 1. The van der Waals surface area contributed by atoms with E-state index in [2.05, 4.69) is 4.98 Å². The fourth-order valence-electron chi connectivity index (χ4n) is 3.99. The van der Waals surface area contributed by atoms with Crippen LogP contribution in [-0.4, -0.2) is 28.9 Å². The number of thiazole rings is 1. The van der Waals surface area contributed by atoms with E-state index in [9.17, 15) is 14.7 Å². The Morgan fingerprint density at radius 3 is 2.61 bits per heavy atom. The highest BCUT2D eigenvalue weighted by Crippen LogP contribution is 2.43. The zero-order valence-corrected chi connectivity index (χ0v) is 19.0. The lowest BCUT2D eigenvalue weighted by molar-refractivity contribution is -0.117. The van der Waals surface area contributed by atoms with Gasteiger partial charge in [0, 0.05) is 10.8 Å². The topological polar surface area (TPSA) is 92.9 Å². The van der Waals surface area contributed by atoms with Gasteiger partial charge in [0.1, 0.15) is 0 Å². The van der Waals surface area contributed by atoms with E-state index in [0.717, 1.165) is 11.3 Å². The molecule has 166 valence electrons. The monoisotopic (exact) mass is 460 g/mol. The van der Waals surface area contributed by atoms with Crippen molar-refractivity contribution < 1.29 is 23.8 Å². The van der Waals surface area contributed by atoms with E-state index in [1.807, 2.05) is 43.5 Å². The van der Waals surface area contributed by atoms with Crippen molar-refractivity contribution in [2.24, 2.45) is 0 Å². The Labute approximate surface area is 193 Å². The summed E-state index contributed by atoms with van der Waals surface area (Å²) in [6, 6.07) is 13.6. The van der Waals surface area contributed by atoms with Gasteiger partial charge >= 0.3 is 0 Å². The molecule has 0 saturated heterocycles. The Balaban J connectivity index is 1.66. The molecule has 33 heavy (non-hydrogen) atoms. The molecule has 0 aliphatic carbocycles. The Bertz CT molecular complexity index is 1430. The lowest BCUT2D eigenvalue weighted by Crippen LogP contribution is -2.31. The molecule has 1 amide bonds. The van der Waals surface area contributed by atoms with Crippen molar-refractivity contribution >= 4 is 39.1 Å². The van der Waals surface area contributed by atoms with Crippen molar-refractivity contribution in [1.29, 1.82) is 0 Å². The average Bonchev–Trinajstić information content (AvgIpc) is 3.50. The highest BCUT2D eigenvalue weighted by molar-refractivity contribution is 7.14. The van der Waals surface area contributed by atoms with Crippen molar-refractivity contribution in [1.82, 2.24) is 4.98 Å². The quantitative estimate of drug-likeness (QED) is 0.407. The highest BCUT2D eigenvalue weighted by atomic mass is 32.1. The molecule has 8 heteroatoms. The van der Waals surface area contributed by atoms with Crippen LogP contribution in [0.5, 0.6) is 5.75 Å². The van der Waals surface area contributed by atoms with Crippen LogP contribution in [0.15, 0.2) is 69.7 Å². The summed E-state index contributed by atoms with van der Waals surface area (Å²) in [6.07, 6.45) is 0. The number of rotatable bonds is 5. The number of ether oxygens (including phenoxy) is 1. The molecular formula is C25H20N2O5S. The maximum absolute atomic E-state index is 13.7. The first-order chi connectivity index (χ1) is 15.9. The summed E-state index contributed by atoms with van der Waals surface area (Å²) in [6.45, 7) is 3.77. The predicted octanol–water partition coefficient (Wildman–Crippen LogP) is 5.30. The lowest BCUT2D eigenvalue weighted by atomic mass is 9.94. The predicted molar refractivity (Wildman–Crippen MR) is 125 cm³/mol. The summed E-state index contributed by atoms with van der Waals surface area (Å²) in [5.74, 6) is -1.35. The van der Waals surface area contributed by atoms with Crippen LogP contribution in [-0.2, 0) is 4.79 Å². The van der Waals surface area contributed by atoms with Gasteiger partial charge in [0.05, 0.1) is 24.4 Å².